The number of thiazole rings is 1. The molecule has 3 aromatic heterocycles. The van der Waals surface area contributed by atoms with Crippen LogP contribution in [0.15, 0.2) is 33.6 Å². The fourth-order valence-electron chi connectivity index (χ4n) is 3.11. The molecule has 1 fully saturated rings. The highest BCUT2D eigenvalue weighted by molar-refractivity contribution is 7.07. The second-order valence-electron chi connectivity index (χ2n) is 6.53. The van der Waals surface area contributed by atoms with E-state index in [1.54, 1.807) is 16.8 Å². The molecule has 0 radical (unpaired) electrons. The first kappa shape index (κ1) is 13.9. The lowest BCUT2D eigenvalue weighted by Crippen LogP contribution is -2.30. The number of aromatic nitrogens is 5. The van der Waals surface area contributed by atoms with E-state index in [0.717, 1.165) is 46.8 Å². The molecule has 1 aromatic carbocycles. The molecule has 0 saturated heterocycles. The number of hydrogen-bond acceptors (Lipinski definition) is 6. The molecule has 0 aliphatic heterocycles. The van der Waals surface area contributed by atoms with Gasteiger partial charge in [0.15, 0.2) is 5.82 Å². The largest absolute Gasteiger partial charge is 0.338 e. The average molecular weight is 337 g/mol. The summed E-state index contributed by atoms with van der Waals surface area (Å²) in [5.41, 5.74) is 5.48. The molecule has 24 heavy (non-hydrogen) atoms. The first-order chi connectivity index (χ1) is 11.7. The molecule has 1 saturated carbocycles. The van der Waals surface area contributed by atoms with Gasteiger partial charge in [0.1, 0.15) is 5.69 Å². The van der Waals surface area contributed by atoms with Gasteiger partial charge in [-0.05, 0) is 31.0 Å². The third-order valence-electron chi connectivity index (χ3n) is 4.81. The summed E-state index contributed by atoms with van der Waals surface area (Å²) in [6, 6.07) is 5.96. The summed E-state index contributed by atoms with van der Waals surface area (Å²) in [4.78, 5) is 16.8. The Morgan fingerprint density at radius 3 is 2.92 bits per heavy atom. The van der Waals surface area contributed by atoms with E-state index in [2.05, 4.69) is 32.0 Å². The number of imidazole rings is 1. The van der Waals surface area contributed by atoms with Gasteiger partial charge in [-0.3, -0.25) is 0 Å². The van der Waals surface area contributed by atoms with E-state index in [9.17, 15) is 0 Å². The lowest BCUT2D eigenvalue weighted by Gasteiger charge is -2.34. The minimum Gasteiger partial charge on any atom is -0.338 e. The standard InChI is InChI=1S/C17H15N5OS/c1-17(5-2-6-17)16-21-14(22-23-16)10-3-4-11-12(7-10)20-15(19-11)13-8-24-9-18-13/h3-4,7-9H,2,5-6H2,1H3,(H,19,20). The van der Waals surface area contributed by atoms with Crippen LogP contribution in [0.2, 0.25) is 0 Å². The molecule has 1 aliphatic carbocycles. The fourth-order valence-corrected chi connectivity index (χ4v) is 3.64. The van der Waals surface area contributed by atoms with Crippen LogP contribution in [-0.4, -0.2) is 25.1 Å². The van der Waals surface area contributed by atoms with Crippen molar-refractivity contribution in [1.29, 1.82) is 0 Å². The van der Waals surface area contributed by atoms with Gasteiger partial charge in [-0.25, -0.2) is 9.97 Å². The van der Waals surface area contributed by atoms with Gasteiger partial charge in [0.25, 0.3) is 0 Å². The zero-order chi connectivity index (χ0) is 16.1. The van der Waals surface area contributed by atoms with Crippen molar-refractivity contribution in [2.45, 2.75) is 31.6 Å². The Balaban J connectivity index is 1.53. The van der Waals surface area contributed by atoms with Gasteiger partial charge in [-0.15, -0.1) is 11.3 Å². The van der Waals surface area contributed by atoms with Crippen LogP contribution in [0.25, 0.3) is 33.9 Å². The molecule has 4 aromatic rings. The summed E-state index contributed by atoms with van der Waals surface area (Å²) in [6.45, 7) is 2.19. The average Bonchev–Trinajstić information content (AvgIpc) is 3.30. The van der Waals surface area contributed by atoms with Crippen LogP contribution in [0.1, 0.15) is 32.1 Å². The minimum atomic E-state index is 0.0567. The predicted octanol–water partition coefficient (Wildman–Crippen LogP) is 4.18. The van der Waals surface area contributed by atoms with Crippen molar-refractivity contribution in [2.75, 3.05) is 0 Å². The Labute approximate surface area is 142 Å². The summed E-state index contributed by atoms with van der Waals surface area (Å²) in [6.07, 6.45) is 3.46. The highest BCUT2D eigenvalue weighted by Crippen LogP contribution is 2.42. The number of nitrogens with zero attached hydrogens (tertiary/aromatic N) is 4. The summed E-state index contributed by atoms with van der Waals surface area (Å²) < 4.78 is 5.51. The molecule has 1 N–H and O–H groups in total. The number of fused-ring (bicyclic) bond motifs is 1. The number of hydrogen-bond donors (Lipinski definition) is 1. The first-order valence-electron chi connectivity index (χ1n) is 7.94. The van der Waals surface area contributed by atoms with Gasteiger partial charge in [0.2, 0.25) is 11.7 Å². The Morgan fingerprint density at radius 1 is 1.25 bits per heavy atom. The van der Waals surface area contributed by atoms with Gasteiger partial charge in [-0.2, -0.15) is 4.98 Å². The van der Waals surface area contributed by atoms with E-state index >= 15 is 0 Å². The van der Waals surface area contributed by atoms with Gasteiger partial charge in [0, 0.05) is 16.4 Å². The zero-order valence-electron chi connectivity index (χ0n) is 13.1. The Bertz CT molecular complexity index is 1010. The van der Waals surface area contributed by atoms with Gasteiger partial charge in [0.05, 0.1) is 16.5 Å². The maximum Gasteiger partial charge on any atom is 0.232 e. The van der Waals surface area contributed by atoms with E-state index < -0.39 is 0 Å². The topological polar surface area (TPSA) is 80.5 Å². The van der Waals surface area contributed by atoms with E-state index in [0.29, 0.717) is 5.82 Å². The number of benzene rings is 1. The summed E-state index contributed by atoms with van der Waals surface area (Å²) in [7, 11) is 0. The lowest BCUT2D eigenvalue weighted by molar-refractivity contribution is 0.195. The van der Waals surface area contributed by atoms with Gasteiger partial charge < -0.3 is 9.51 Å². The van der Waals surface area contributed by atoms with Crippen LogP contribution in [0, 0.1) is 0 Å². The van der Waals surface area contributed by atoms with Crippen LogP contribution >= 0.6 is 11.3 Å². The van der Waals surface area contributed by atoms with Crippen LogP contribution in [0.4, 0.5) is 0 Å². The molecule has 120 valence electrons. The van der Waals surface area contributed by atoms with Gasteiger partial charge >= 0.3 is 0 Å². The molecule has 1 aliphatic rings. The third kappa shape index (κ3) is 2.08. The Kier molecular flexibility index (Phi) is 2.87. The normalized spacial score (nSPS) is 16.4. The number of nitrogens with one attached hydrogen (secondary N) is 1. The van der Waals surface area contributed by atoms with Gasteiger partial charge in [-0.1, -0.05) is 18.5 Å². The minimum absolute atomic E-state index is 0.0567. The van der Waals surface area contributed by atoms with Crippen LogP contribution in [0.5, 0.6) is 0 Å². The van der Waals surface area contributed by atoms with Crippen LogP contribution in [0.3, 0.4) is 0 Å². The van der Waals surface area contributed by atoms with Crippen molar-refractivity contribution in [3.8, 4) is 22.9 Å². The molecule has 7 heteroatoms. The Morgan fingerprint density at radius 2 is 2.17 bits per heavy atom. The molecular weight excluding hydrogens is 322 g/mol. The van der Waals surface area contributed by atoms with Crippen molar-refractivity contribution in [3.63, 3.8) is 0 Å². The van der Waals surface area contributed by atoms with Crippen LogP contribution in [-0.2, 0) is 5.41 Å². The van der Waals surface area contributed by atoms with E-state index in [1.165, 1.54) is 6.42 Å². The molecule has 3 heterocycles. The molecule has 0 bridgehead atoms. The van der Waals surface area contributed by atoms with E-state index in [1.807, 2.05) is 23.6 Å². The molecule has 0 amide bonds. The summed E-state index contributed by atoms with van der Waals surface area (Å²) in [5.74, 6) is 2.15. The molecule has 0 spiro atoms. The number of rotatable bonds is 3. The summed E-state index contributed by atoms with van der Waals surface area (Å²) in [5, 5.41) is 6.14. The molecule has 5 rings (SSSR count). The first-order valence-corrected chi connectivity index (χ1v) is 8.88. The quantitative estimate of drug-likeness (QED) is 0.606. The maximum absolute atomic E-state index is 5.51. The number of aromatic amines is 1. The highest BCUT2D eigenvalue weighted by atomic mass is 32.1. The zero-order valence-corrected chi connectivity index (χ0v) is 13.9. The van der Waals surface area contributed by atoms with Crippen molar-refractivity contribution >= 4 is 22.4 Å². The second kappa shape index (κ2) is 4.98. The second-order valence-corrected chi connectivity index (χ2v) is 7.25. The Hall–Kier alpha value is -2.54. The molecule has 0 unspecified atom stereocenters. The maximum atomic E-state index is 5.51. The third-order valence-corrected chi connectivity index (χ3v) is 5.40. The summed E-state index contributed by atoms with van der Waals surface area (Å²) >= 11 is 1.55. The highest BCUT2D eigenvalue weighted by Gasteiger charge is 2.39. The molecule has 0 atom stereocenters. The van der Waals surface area contributed by atoms with Crippen molar-refractivity contribution in [3.05, 3.63) is 35.0 Å². The van der Waals surface area contributed by atoms with E-state index in [4.69, 9.17) is 4.52 Å². The SMILES string of the molecule is CC1(c2nc(-c3ccc4nc(-c5cscn5)[nH]c4c3)no2)CCC1. The molecular formula is C17H15N5OS. The van der Waals surface area contributed by atoms with Crippen LogP contribution < -0.4 is 0 Å². The molecule has 6 nitrogen and oxygen atoms in total. The lowest BCUT2D eigenvalue weighted by atomic mass is 9.70. The van der Waals surface area contributed by atoms with Crippen molar-refractivity contribution in [1.82, 2.24) is 25.1 Å². The van der Waals surface area contributed by atoms with E-state index in [-0.39, 0.29) is 5.41 Å². The van der Waals surface area contributed by atoms with Crippen molar-refractivity contribution < 1.29 is 4.52 Å². The predicted molar refractivity (Wildman–Crippen MR) is 91.7 cm³/mol. The number of H-pyrrole nitrogens is 1. The fraction of sp³-hybridized carbons (Fsp3) is 0.294. The smallest absolute Gasteiger partial charge is 0.232 e. The van der Waals surface area contributed by atoms with Crippen molar-refractivity contribution in [2.24, 2.45) is 0 Å². The monoisotopic (exact) mass is 337 g/mol.